The molecule has 0 aliphatic heterocycles. The van der Waals surface area contributed by atoms with E-state index < -0.39 is 0 Å². The summed E-state index contributed by atoms with van der Waals surface area (Å²) in [6, 6.07) is 2.83. The van der Waals surface area contributed by atoms with E-state index >= 15 is 0 Å². The van der Waals surface area contributed by atoms with Crippen molar-refractivity contribution in [1.82, 2.24) is 15.1 Å². The Morgan fingerprint density at radius 1 is 1.37 bits per heavy atom. The SMILES string of the molecule is CCNC(CCc1ccnn1C)CC1CCCCC1. The van der Waals surface area contributed by atoms with Crippen LogP contribution in [0, 0.1) is 5.92 Å². The van der Waals surface area contributed by atoms with Crippen LogP contribution in [0.1, 0.15) is 57.6 Å². The van der Waals surface area contributed by atoms with Gasteiger partial charge in [0, 0.05) is 25.0 Å². The maximum atomic E-state index is 4.25. The average molecular weight is 263 g/mol. The van der Waals surface area contributed by atoms with Crippen molar-refractivity contribution >= 4 is 0 Å². The van der Waals surface area contributed by atoms with Gasteiger partial charge in [-0.25, -0.2) is 0 Å². The lowest BCUT2D eigenvalue weighted by atomic mass is 9.84. The highest BCUT2D eigenvalue weighted by Gasteiger charge is 2.18. The Kier molecular flexibility index (Phi) is 5.90. The second-order valence-electron chi connectivity index (χ2n) is 5.98. The molecular formula is C16H29N3. The van der Waals surface area contributed by atoms with Gasteiger partial charge in [0.2, 0.25) is 0 Å². The van der Waals surface area contributed by atoms with Gasteiger partial charge in [0.05, 0.1) is 0 Å². The first-order valence-electron chi connectivity index (χ1n) is 8.00. The van der Waals surface area contributed by atoms with Crippen LogP contribution in [0.25, 0.3) is 0 Å². The summed E-state index contributed by atoms with van der Waals surface area (Å²) in [5.41, 5.74) is 1.35. The number of nitrogens with zero attached hydrogens (tertiary/aromatic N) is 2. The lowest BCUT2D eigenvalue weighted by molar-refractivity contribution is 0.292. The zero-order valence-electron chi connectivity index (χ0n) is 12.6. The van der Waals surface area contributed by atoms with E-state index in [1.165, 1.54) is 50.6 Å². The molecule has 1 aliphatic rings. The van der Waals surface area contributed by atoms with Gasteiger partial charge < -0.3 is 5.32 Å². The molecule has 0 amide bonds. The van der Waals surface area contributed by atoms with Gasteiger partial charge in [0.1, 0.15) is 0 Å². The molecule has 0 aromatic carbocycles. The van der Waals surface area contributed by atoms with Gasteiger partial charge in [-0.3, -0.25) is 4.68 Å². The summed E-state index contributed by atoms with van der Waals surface area (Å²) < 4.78 is 2.00. The van der Waals surface area contributed by atoms with Gasteiger partial charge in [-0.05, 0) is 37.8 Å². The van der Waals surface area contributed by atoms with E-state index in [0.29, 0.717) is 6.04 Å². The predicted octanol–water partition coefficient (Wildman–Crippen LogP) is 3.30. The van der Waals surface area contributed by atoms with Crippen molar-refractivity contribution in [3.05, 3.63) is 18.0 Å². The summed E-state index contributed by atoms with van der Waals surface area (Å²) >= 11 is 0. The minimum Gasteiger partial charge on any atom is -0.314 e. The van der Waals surface area contributed by atoms with Crippen LogP contribution in [0.3, 0.4) is 0 Å². The molecule has 1 aliphatic carbocycles. The summed E-state index contributed by atoms with van der Waals surface area (Å²) in [7, 11) is 2.04. The van der Waals surface area contributed by atoms with Gasteiger partial charge in [0.25, 0.3) is 0 Å². The van der Waals surface area contributed by atoms with E-state index in [9.17, 15) is 0 Å². The van der Waals surface area contributed by atoms with Crippen LogP contribution < -0.4 is 5.32 Å². The highest BCUT2D eigenvalue weighted by Crippen LogP contribution is 2.28. The molecule has 3 heteroatoms. The van der Waals surface area contributed by atoms with Crippen LogP contribution in [-0.2, 0) is 13.5 Å². The molecule has 1 atom stereocenters. The molecule has 0 bridgehead atoms. The van der Waals surface area contributed by atoms with E-state index in [-0.39, 0.29) is 0 Å². The Hall–Kier alpha value is -0.830. The zero-order valence-corrected chi connectivity index (χ0v) is 12.6. The molecule has 1 heterocycles. The van der Waals surface area contributed by atoms with E-state index in [0.717, 1.165) is 18.9 Å². The van der Waals surface area contributed by atoms with Crippen molar-refractivity contribution in [3.8, 4) is 0 Å². The second kappa shape index (κ2) is 7.68. The molecule has 19 heavy (non-hydrogen) atoms. The molecule has 0 spiro atoms. The Morgan fingerprint density at radius 3 is 2.79 bits per heavy atom. The summed E-state index contributed by atoms with van der Waals surface area (Å²) in [6.07, 6.45) is 12.9. The van der Waals surface area contributed by atoms with E-state index in [4.69, 9.17) is 0 Å². The van der Waals surface area contributed by atoms with Crippen LogP contribution in [0.4, 0.5) is 0 Å². The molecule has 1 unspecified atom stereocenters. The monoisotopic (exact) mass is 263 g/mol. The summed E-state index contributed by atoms with van der Waals surface area (Å²) in [5, 5.41) is 7.93. The van der Waals surface area contributed by atoms with Crippen LogP contribution in [0.5, 0.6) is 0 Å². The number of hydrogen-bond donors (Lipinski definition) is 1. The molecule has 1 aromatic rings. The van der Waals surface area contributed by atoms with Gasteiger partial charge >= 0.3 is 0 Å². The quantitative estimate of drug-likeness (QED) is 0.818. The lowest BCUT2D eigenvalue weighted by Crippen LogP contribution is -2.32. The topological polar surface area (TPSA) is 29.9 Å². The Bertz CT molecular complexity index is 353. The fourth-order valence-electron chi connectivity index (χ4n) is 3.39. The summed E-state index contributed by atoms with van der Waals surface area (Å²) in [4.78, 5) is 0. The minimum absolute atomic E-state index is 0.683. The highest BCUT2D eigenvalue weighted by molar-refractivity contribution is 5.00. The maximum Gasteiger partial charge on any atom is 0.0492 e. The van der Waals surface area contributed by atoms with E-state index in [1.54, 1.807) is 0 Å². The van der Waals surface area contributed by atoms with Crippen LogP contribution in [-0.4, -0.2) is 22.4 Å². The fourth-order valence-corrected chi connectivity index (χ4v) is 3.39. The Labute approximate surface area is 117 Å². The van der Waals surface area contributed by atoms with Gasteiger partial charge in [-0.1, -0.05) is 39.0 Å². The Balaban J connectivity index is 1.79. The third-order valence-corrected chi connectivity index (χ3v) is 4.51. The average Bonchev–Trinajstić information content (AvgIpc) is 2.83. The molecule has 3 nitrogen and oxygen atoms in total. The fraction of sp³-hybridized carbons (Fsp3) is 0.812. The van der Waals surface area contributed by atoms with Crippen molar-refractivity contribution in [2.45, 2.75) is 64.3 Å². The molecular weight excluding hydrogens is 234 g/mol. The van der Waals surface area contributed by atoms with E-state index in [1.807, 2.05) is 17.9 Å². The predicted molar refractivity (Wildman–Crippen MR) is 80.2 cm³/mol. The van der Waals surface area contributed by atoms with Crippen LogP contribution >= 0.6 is 0 Å². The van der Waals surface area contributed by atoms with Gasteiger partial charge in [0.15, 0.2) is 0 Å². The summed E-state index contributed by atoms with van der Waals surface area (Å²) in [6.45, 7) is 3.31. The second-order valence-corrected chi connectivity index (χ2v) is 5.98. The highest BCUT2D eigenvalue weighted by atomic mass is 15.2. The van der Waals surface area contributed by atoms with Gasteiger partial charge in [-0.2, -0.15) is 5.10 Å². The van der Waals surface area contributed by atoms with Crippen LogP contribution in [0.2, 0.25) is 0 Å². The molecule has 0 radical (unpaired) electrons. The maximum absolute atomic E-state index is 4.25. The third-order valence-electron chi connectivity index (χ3n) is 4.51. The number of aromatic nitrogens is 2. The molecule has 0 saturated heterocycles. The van der Waals surface area contributed by atoms with Crippen molar-refractivity contribution in [2.24, 2.45) is 13.0 Å². The minimum atomic E-state index is 0.683. The summed E-state index contributed by atoms with van der Waals surface area (Å²) in [5.74, 6) is 0.962. The standard InChI is InChI=1S/C16H29N3/c1-3-17-15(13-14-7-5-4-6-8-14)9-10-16-11-12-18-19(16)2/h11-12,14-15,17H,3-10,13H2,1-2H3. The smallest absolute Gasteiger partial charge is 0.0492 e. The first-order chi connectivity index (χ1) is 9.29. The number of aryl methyl sites for hydroxylation is 2. The van der Waals surface area contributed by atoms with Crippen molar-refractivity contribution in [3.63, 3.8) is 0 Å². The third kappa shape index (κ3) is 4.64. The van der Waals surface area contributed by atoms with Crippen molar-refractivity contribution in [1.29, 1.82) is 0 Å². The normalized spacial score (nSPS) is 18.6. The molecule has 2 rings (SSSR count). The van der Waals surface area contributed by atoms with E-state index in [2.05, 4.69) is 23.4 Å². The molecule has 1 aromatic heterocycles. The van der Waals surface area contributed by atoms with Gasteiger partial charge in [-0.15, -0.1) is 0 Å². The molecule has 1 saturated carbocycles. The van der Waals surface area contributed by atoms with Crippen molar-refractivity contribution in [2.75, 3.05) is 6.54 Å². The largest absolute Gasteiger partial charge is 0.314 e. The van der Waals surface area contributed by atoms with Crippen molar-refractivity contribution < 1.29 is 0 Å². The first-order valence-corrected chi connectivity index (χ1v) is 8.00. The van der Waals surface area contributed by atoms with Crippen LogP contribution in [0.15, 0.2) is 12.3 Å². The Morgan fingerprint density at radius 2 is 2.16 bits per heavy atom. The number of rotatable bonds is 7. The zero-order chi connectivity index (χ0) is 13.5. The number of nitrogens with one attached hydrogen (secondary N) is 1. The lowest BCUT2D eigenvalue weighted by Gasteiger charge is -2.27. The molecule has 1 N–H and O–H groups in total. The number of hydrogen-bond acceptors (Lipinski definition) is 2. The first kappa shape index (κ1) is 14.6. The molecule has 1 fully saturated rings. The molecule has 108 valence electrons.